The lowest BCUT2D eigenvalue weighted by molar-refractivity contribution is 0.354. The van der Waals surface area contributed by atoms with E-state index in [0.29, 0.717) is 18.3 Å². The van der Waals surface area contributed by atoms with Gasteiger partial charge >= 0.3 is 0 Å². The van der Waals surface area contributed by atoms with Crippen molar-refractivity contribution in [2.24, 2.45) is 0 Å². The Morgan fingerprint density at radius 2 is 1.78 bits per heavy atom. The smallest absolute Gasteiger partial charge is 0.230 e. The minimum atomic E-state index is 0.469. The summed E-state index contributed by atoms with van der Waals surface area (Å²) in [6.45, 7) is 4.46. The molecule has 2 heterocycles. The Hall–Kier alpha value is -3.29. The summed E-state index contributed by atoms with van der Waals surface area (Å²) in [7, 11) is 3.26. The number of methoxy groups -OCH3 is 2. The van der Waals surface area contributed by atoms with Gasteiger partial charge < -0.3 is 24.6 Å². The third kappa shape index (κ3) is 4.87. The maximum Gasteiger partial charge on any atom is 0.230 e. The van der Waals surface area contributed by atoms with Gasteiger partial charge in [-0.05, 0) is 38.0 Å². The van der Waals surface area contributed by atoms with Crippen LogP contribution in [0.1, 0.15) is 17.0 Å². The second-order valence-electron chi connectivity index (χ2n) is 6.03. The van der Waals surface area contributed by atoms with Gasteiger partial charge in [-0.2, -0.15) is 4.98 Å². The Kier molecular flexibility index (Phi) is 5.75. The Morgan fingerprint density at radius 1 is 0.963 bits per heavy atom. The molecule has 142 valence electrons. The third-order valence-electron chi connectivity index (χ3n) is 3.89. The minimum absolute atomic E-state index is 0.469. The summed E-state index contributed by atoms with van der Waals surface area (Å²) in [5, 5.41) is 10.3. The average Bonchev–Trinajstić information content (AvgIpc) is 3.05. The lowest BCUT2D eigenvalue weighted by atomic mass is 10.1. The number of nitrogens with one attached hydrogen (secondary N) is 2. The van der Waals surface area contributed by atoms with E-state index in [1.165, 1.54) is 0 Å². The van der Waals surface area contributed by atoms with E-state index in [1.54, 1.807) is 20.3 Å². The predicted molar refractivity (Wildman–Crippen MR) is 103 cm³/mol. The second kappa shape index (κ2) is 8.39. The van der Waals surface area contributed by atoms with Crippen molar-refractivity contribution in [3.05, 3.63) is 47.3 Å². The summed E-state index contributed by atoms with van der Waals surface area (Å²) in [5.41, 5.74) is 1.99. The van der Waals surface area contributed by atoms with Crippen molar-refractivity contribution in [1.82, 2.24) is 15.1 Å². The van der Waals surface area contributed by atoms with Gasteiger partial charge in [0.05, 0.1) is 14.2 Å². The number of ether oxygens (including phenoxy) is 2. The fourth-order valence-corrected chi connectivity index (χ4v) is 2.63. The highest BCUT2D eigenvalue weighted by Crippen LogP contribution is 2.27. The Balaban J connectivity index is 1.62. The van der Waals surface area contributed by atoms with Crippen molar-refractivity contribution in [1.29, 1.82) is 0 Å². The fraction of sp³-hybridized carbons (Fsp3) is 0.316. The van der Waals surface area contributed by atoms with Gasteiger partial charge in [-0.1, -0.05) is 11.2 Å². The van der Waals surface area contributed by atoms with Crippen molar-refractivity contribution in [3.63, 3.8) is 0 Å². The van der Waals surface area contributed by atoms with E-state index in [0.717, 1.165) is 40.8 Å². The number of rotatable bonds is 8. The van der Waals surface area contributed by atoms with Gasteiger partial charge in [0.1, 0.15) is 11.6 Å². The first-order chi connectivity index (χ1) is 13.1. The van der Waals surface area contributed by atoms with Gasteiger partial charge in [-0.3, -0.25) is 0 Å². The third-order valence-corrected chi connectivity index (χ3v) is 3.89. The van der Waals surface area contributed by atoms with Crippen LogP contribution in [0.4, 0.5) is 17.6 Å². The highest BCUT2D eigenvalue weighted by Gasteiger charge is 2.07. The number of hydrogen-bond acceptors (Lipinski definition) is 8. The molecule has 0 atom stereocenters. The molecule has 27 heavy (non-hydrogen) atoms. The highest BCUT2D eigenvalue weighted by atomic mass is 16.5. The molecule has 8 heteroatoms. The number of benzene rings is 1. The quantitative estimate of drug-likeness (QED) is 0.623. The molecule has 2 N–H and O–H groups in total. The molecule has 0 saturated heterocycles. The molecular formula is C19H23N5O3. The van der Waals surface area contributed by atoms with E-state index >= 15 is 0 Å². The Labute approximate surface area is 157 Å². The van der Waals surface area contributed by atoms with Crippen LogP contribution in [0.25, 0.3) is 0 Å². The van der Waals surface area contributed by atoms with E-state index in [1.807, 2.05) is 38.1 Å². The molecule has 1 aromatic carbocycles. The summed E-state index contributed by atoms with van der Waals surface area (Å²) in [5.74, 6) is 3.96. The largest absolute Gasteiger partial charge is 0.493 e. The molecule has 3 rings (SSSR count). The molecule has 3 aromatic rings. The molecule has 0 aliphatic heterocycles. The fourth-order valence-electron chi connectivity index (χ4n) is 2.63. The van der Waals surface area contributed by atoms with E-state index in [9.17, 15) is 0 Å². The van der Waals surface area contributed by atoms with E-state index in [2.05, 4.69) is 25.8 Å². The van der Waals surface area contributed by atoms with Crippen molar-refractivity contribution in [2.75, 3.05) is 31.4 Å². The number of aromatic nitrogens is 3. The molecule has 0 saturated carbocycles. The van der Waals surface area contributed by atoms with E-state index < -0.39 is 0 Å². The number of aryl methyl sites for hydroxylation is 2. The first kappa shape index (κ1) is 18.5. The first-order valence-corrected chi connectivity index (χ1v) is 8.58. The topological polar surface area (TPSA) is 94.3 Å². The van der Waals surface area contributed by atoms with E-state index in [-0.39, 0.29) is 0 Å². The van der Waals surface area contributed by atoms with Crippen LogP contribution in [0.15, 0.2) is 34.9 Å². The van der Waals surface area contributed by atoms with Crippen LogP contribution in [-0.2, 0) is 6.42 Å². The summed E-state index contributed by atoms with van der Waals surface area (Å²) in [6, 6.07) is 9.59. The standard InChI is InChI=1S/C19H23N5O3/c1-12-9-17(22-19(21-12)23-18-10-13(2)27-24-18)20-8-7-14-5-6-15(25-3)16(11-14)26-4/h5-6,9-11H,7-8H2,1-4H3,(H2,20,21,22,23,24). The number of hydrogen-bond donors (Lipinski definition) is 2. The summed E-state index contributed by atoms with van der Waals surface area (Å²) in [4.78, 5) is 8.84. The highest BCUT2D eigenvalue weighted by molar-refractivity contribution is 5.51. The first-order valence-electron chi connectivity index (χ1n) is 8.58. The van der Waals surface area contributed by atoms with Gasteiger partial charge in [0.2, 0.25) is 5.95 Å². The van der Waals surface area contributed by atoms with Gasteiger partial charge in [0, 0.05) is 24.4 Å². The number of anilines is 3. The minimum Gasteiger partial charge on any atom is -0.493 e. The molecule has 0 bridgehead atoms. The second-order valence-corrected chi connectivity index (χ2v) is 6.03. The lowest BCUT2D eigenvalue weighted by Crippen LogP contribution is -2.09. The average molecular weight is 369 g/mol. The van der Waals surface area contributed by atoms with Crippen LogP contribution in [0.2, 0.25) is 0 Å². The zero-order chi connectivity index (χ0) is 19.2. The van der Waals surface area contributed by atoms with Crippen LogP contribution in [0.5, 0.6) is 11.5 Å². The lowest BCUT2D eigenvalue weighted by Gasteiger charge is -2.11. The van der Waals surface area contributed by atoms with Crippen molar-refractivity contribution < 1.29 is 14.0 Å². The monoisotopic (exact) mass is 369 g/mol. The zero-order valence-corrected chi connectivity index (χ0v) is 15.9. The van der Waals surface area contributed by atoms with Crippen LogP contribution in [-0.4, -0.2) is 35.9 Å². The van der Waals surface area contributed by atoms with Crippen LogP contribution in [0, 0.1) is 13.8 Å². The summed E-state index contributed by atoms with van der Waals surface area (Å²) < 4.78 is 15.7. The maximum absolute atomic E-state index is 5.34. The molecule has 0 aliphatic carbocycles. The van der Waals surface area contributed by atoms with Gasteiger partial charge in [0.15, 0.2) is 17.3 Å². The Morgan fingerprint density at radius 3 is 2.48 bits per heavy atom. The van der Waals surface area contributed by atoms with Crippen molar-refractivity contribution in [3.8, 4) is 11.5 Å². The van der Waals surface area contributed by atoms with Crippen LogP contribution < -0.4 is 20.1 Å². The van der Waals surface area contributed by atoms with Crippen LogP contribution >= 0.6 is 0 Å². The molecule has 0 amide bonds. The van der Waals surface area contributed by atoms with E-state index in [4.69, 9.17) is 14.0 Å². The maximum atomic E-state index is 5.34. The molecule has 0 spiro atoms. The number of nitrogens with zero attached hydrogens (tertiary/aromatic N) is 3. The molecule has 0 aliphatic rings. The van der Waals surface area contributed by atoms with Gasteiger partial charge in [-0.15, -0.1) is 0 Å². The summed E-state index contributed by atoms with van der Waals surface area (Å²) >= 11 is 0. The SMILES string of the molecule is COc1ccc(CCNc2cc(C)nc(Nc3cc(C)on3)n2)cc1OC. The van der Waals surface area contributed by atoms with Gasteiger partial charge in [0.25, 0.3) is 0 Å². The molecular weight excluding hydrogens is 346 g/mol. The van der Waals surface area contributed by atoms with Crippen molar-refractivity contribution in [2.45, 2.75) is 20.3 Å². The molecule has 0 radical (unpaired) electrons. The molecule has 8 nitrogen and oxygen atoms in total. The van der Waals surface area contributed by atoms with Gasteiger partial charge in [-0.25, -0.2) is 4.98 Å². The van der Waals surface area contributed by atoms with Crippen molar-refractivity contribution >= 4 is 17.6 Å². The molecule has 2 aromatic heterocycles. The molecule has 0 unspecified atom stereocenters. The summed E-state index contributed by atoms with van der Waals surface area (Å²) in [6.07, 6.45) is 0.814. The molecule has 0 fully saturated rings. The predicted octanol–water partition coefficient (Wildman–Crippen LogP) is 3.50. The zero-order valence-electron chi connectivity index (χ0n) is 15.9. The Bertz CT molecular complexity index is 910. The normalized spacial score (nSPS) is 10.5. The van der Waals surface area contributed by atoms with Crippen LogP contribution in [0.3, 0.4) is 0 Å².